The van der Waals surface area contributed by atoms with Crippen LogP contribution < -0.4 is 0 Å². The highest BCUT2D eigenvalue weighted by atomic mass is 16.5. The van der Waals surface area contributed by atoms with Crippen LogP contribution in [0.2, 0.25) is 0 Å². The molecule has 0 radical (unpaired) electrons. The number of ketones is 1. The van der Waals surface area contributed by atoms with Gasteiger partial charge in [0.15, 0.2) is 5.78 Å². The first-order valence-corrected chi connectivity index (χ1v) is 6.72. The van der Waals surface area contributed by atoms with E-state index in [0.29, 0.717) is 5.56 Å². The molecule has 2 rings (SSSR count). The molecule has 3 N–H and O–H groups in total. The Labute approximate surface area is 122 Å². The van der Waals surface area contributed by atoms with E-state index in [4.69, 9.17) is 0 Å². The van der Waals surface area contributed by atoms with E-state index in [9.17, 15) is 24.9 Å². The molecular weight excluding hydrogens is 276 g/mol. The highest BCUT2D eigenvalue weighted by molar-refractivity contribution is 6.01. The van der Waals surface area contributed by atoms with Crippen LogP contribution >= 0.6 is 0 Å². The maximum atomic E-state index is 12.1. The number of hydrogen-bond donors (Lipinski definition) is 3. The number of aromatic hydroxyl groups is 1. The number of hydrogen-bond acceptors (Lipinski definition) is 6. The summed E-state index contributed by atoms with van der Waals surface area (Å²) in [6.07, 6.45) is -2.00. The molecule has 6 heteroatoms. The van der Waals surface area contributed by atoms with Crippen LogP contribution in [0.3, 0.4) is 0 Å². The number of carbonyl (C=O) groups is 2. The molecule has 21 heavy (non-hydrogen) atoms. The molecule has 0 fully saturated rings. The highest BCUT2D eigenvalue weighted by Crippen LogP contribution is 2.40. The summed E-state index contributed by atoms with van der Waals surface area (Å²) in [4.78, 5) is 23.2. The van der Waals surface area contributed by atoms with E-state index >= 15 is 0 Å². The molecule has 0 aliphatic heterocycles. The zero-order valence-corrected chi connectivity index (χ0v) is 11.7. The van der Waals surface area contributed by atoms with Crippen LogP contribution in [0.5, 0.6) is 5.75 Å². The zero-order chi connectivity index (χ0) is 15.6. The summed E-state index contributed by atoms with van der Waals surface area (Å²) in [5.41, 5.74) is 0.505. The van der Waals surface area contributed by atoms with Crippen molar-refractivity contribution in [1.29, 1.82) is 0 Å². The zero-order valence-electron chi connectivity index (χ0n) is 11.7. The van der Waals surface area contributed by atoms with Crippen molar-refractivity contribution in [2.45, 2.75) is 31.5 Å². The molecule has 0 saturated carbocycles. The molecule has 0 saturated heterocycles. The number of carbonyl (C=O) groups excluding carboxylic acids is 2. The van der Waals surface area contributed by atoms with Crippen molar-refractivity contribution in [3.63, 3.8) is 0 Å². The number of rotatable bonds is 4. The Balaban J connectivity index is 2.14. The molecule has 1 aromatic rings. The van der Waals surface area contributed by atoms with Gasteiger partial charge in [-0.1, -0.05) is 12.1 Å². The minimum atomic E-state index is -0.983. The Kier molecular flexibility index (Phi) is 4.59. The van der Waals surface area contributed by atoms with Crippen molar-refractivity contribution in [3.05, 3.63) is 29.3 Å². The summed E-state index contributed by atoms with van der Waals surface area (Å²) in [6.45, 7) is 0. The lowest BCUT2D eigenvalue weighted by Crippen LogP contribution is -2.29. The van der Waals surface area contributed by atoms with Gasteiger partial charge in [-0.25, -0.2) is 0 Å². The van der Waals surface area contributed by atoms with E-state index in [0.717, 1.165) is 0 Å². The Hall–Kier alpha value is -1.92. The second-order valence-corrected chi connectivity index (χ2v) is 5.24. The molecule has 0 heterocycles. The number of aliphatic hydroxyl groups is 2. The van der Waals surface area contributed by atoms with E-state index in [2.05, 4.69) is 4.74 Å². The number of phenols is 1. The predicted octanol–water partition coefficient (Wildman–Crippen LogP) is 0.942. The molecular formula is C15H18O6. The number of Topliss-reactive ketones (excluding diaryl/α,β-unsaturated/α-hetero) is 1. The van der Waals surface area contributed by atoms with Gasteiger partial charge in [-0.3, -0.25) is 9.59 Å². The second-order valence-electron chi connectivity index (χ2n) is 5.24. The van der Waals surface area contributed by atoms with Gasteiger partial charge < -0.3 is 20.1 Å². The fourth-order valence-corrected chi connectivity index (χ4v) is 2.73. The minimum absolute atomic E-state index is 0.0178. The molecule has 0 amide bonds. The second kappa shape index (κ2) is 6.24. The van der Waals surface area contributed by atoms with Crippen molar-refractivity contribution in [2.75, 3.05) is 7.11 Å². The van der Waals surface area contributed by atoms with Crippen molar-refractivity contribution in [2.24, 2.45) is 5.92 Å². The Morgan fingerprint density at radius 2 is 2.19 bits per heavy atom. The molecule has 0 spiro atoms. The van der Waals surface area contributed by atoms with Gasteiger partial charge >= 0.3 is 5.97 Å². The standard InChI is InChI=1S/C15H18O6/c1-21-13(19)7-9(16)5-8-6-12(18)14-10(15(8)20)3-2-4-11(14)17/h2-4,8-9,15-17,20H,5-7H2,1H3/t8-,9+,15+/m1/s1. The van der Waals surface area contributed by atoms with Gasteiger partial charge in [0.05, 0.1) is 31.3 Å². The first kappa shape index (κ1) is 15.5. The highest BCUT2D eigenvalue weighted by Gasteiger charge is 2.35. The smallest absolute Gasteiger partial charge is 0.308 e. The monoisotopic (exact) mass is 294 g/mol. The quantitative estimate of drug-likeness (QED) is 0.714. The lowest BCUT2D eigenvalue weighted by atomic mass is 9.77. The maximum absolute atomic E-state index is 12.1. The average molecular weight is 294 g/mol. The van der Waals surface area contributed by atoms with Gasteiger partial charge in [0.25, 0.3) is 0 Å². The Morgan fingerprint density at radius 1 is 1.48 bits per heavy atom. The van der Waals surface area contributed by atoms with E-state index in [1.807, 2.05) is 0 Å². The third kappa shape index (κ3) is 3.22. The van der Waals surface area contributed by atoms with Gasteiger partial charge in [-0.05, 0) is 24.0 Å². The van der Waals surface area contributed by atoms with Crippen LogP contribution in [-0.2, 0) is 9.53 Å². The normalized spacial score (nSPS) is 22.5. The Morgan fingerprint density at radius 3 is 2.86 bits per heavy atom. The molecule has 6 nitrogen and oxygen atoms in total. The lowest BCUT2D eigenvalue weighted by Gasteiger charge is -2.30. The molecule has 114 valence electrons. The fraction of sp³-hybridized carbons (Fsp3) is 0.467. The Bertz CT molecular complexity index is 553. The van der Waals surface area contributed by atoms with Crippen LogP contribution in [-0.4, -0.2) is 40.3 Å². The molecule has 0 aromatic heterocycles. The lowest BCUT2D eigenvalue weighted by molar-refractivity contribution is -0.143. The minimum Gasteiger partial charge on any atom is -0.507 e. The van der Waals surface area contributed by atoms with Gasteiger partial charge in [0, 0.05) is 6.42 Å². The van der Waals surface area contributed by atoms with Gasteiger partial charge in [-0.15, -0.1) is 0 Å². The SMILES string of the molecule is COC(=O)C[C@@H](O)C[C@@H]1CC(=O)c2c(O)cccc2[C@H]1O. The van der Waals surface area contributed by atoms with E-state index in [1.54, 1.807) is 12.1 Å². The topological polar surface area (TPSA) is 104 Å². The van der Waals surface area contributed by atoms with Crippen molar-refractivity contribution in [3.8, 4) is 5.75 Å². The molecule has 1 aliphatic carbocycles. The summed E-state index contributed by atoms with van der Waals surface area (Å²) in [5.74, 6) is -1.46. The summed E-state index contributed by atoms with van der Waals surface area (Å²) in [5, 5.41) is 29.9. The van der Waals surface area contributed by atoms with Gasteiger partial charge in [0.2, 0.25) is 0 Å². The van der Waals surface area contributed by atoms with Crippen LogP contribution in [0.1, 0.15) is 41.3 Å². The van der Waals surface area contributed by atoms with Crippen molar-refractivity contribution >= 4 is 11.8 Å². The molecule has 0 unspecified atom stereocenters. The number of ether oxygens (including phenoxy) is 1. The van der Waals surface area contributed by atoms with E-state index in [-0.39, 0.29) is 36.4 Å². The van der Waals surface area contributed by atoms with Crippen molar-refractivity contribution < 1.29 is 29.6 Å². The number of phenolic OH excluding ortho intramolecular Hbond substituents is 1. The third-order valence-electron chi connectivity index (χ3n) is 3.77. The summed E-state index contributed by atoms with van der Waals surface area (Å²) in [7, 11) is 1.23. The fourth-order valence-electron chi connectivity index (χ4n) is 2.73. The number of fused-ring (bicyclic) bond motifs is 1. The van der Waals surface area contributed by atoms with Crippen molar-refractivity contribution in [1.82, 2.24) is 0 Å². The van der Waals surface area contributed by atoms with Gasteiger partial charge in [-0.2, -0.15) is 0 Å². The maximum Gasteiger partial charge on any atom is 0.308 e. The number of benzene rings is 1. The third-order valence-corrected chi connectivity index (χ3v) is 3.77. The van der Waals surface area contributed by atoms with Crippen LogP contribution in [0.4, 0.5) is 0 Å². The van der Waals surface area contributed by atoms with E-state index < -0.39 is 24.1 Å². The molecule has 1 aromatic carbocycles. The van der Waals surface area contributed by atoms with E-state index in [1.165, 1.54) is 13.2 Å². The number of aliphatic hydroxyl groups excluding tert-OH is 2. The summed E-state index contributed by atoms with van der Waals surface area (Å²) < 4.78 is 4.47. The summed E-state index contributed by atoms with van der Waals surface area (Å²) >= 11 is 0. The molecule has 0 bridgehead atoms. The van der Waals surface area contributed by atoms with Crippen LogP contribution in [0, 0.1) is 5.92 Å². The molecule has 3 atom stereocenters. The first-order valence-electron chi connectivity index (χ1n) is 6.72. The van der Waals surface area contributed by atoms with Crippen LogP contribution in [0.15, 0.2) is 18.2 Å². The molecule has 1 aliphatic rings. The first-order chi connectivity index (χ1) is 9.93. The average Bonchev–Trinajstić information content (AvgIpc) is 2.43. The number of esters is 1. The predicted molar refractivity (Wildman–Crippen MR) is 72.8 cm³/mol. The number of methoxy groups -OCH3 is 1. The summed E-state index contributed by atoms with van der Waals surface area (Å²) in [6, 6.07) is 4.53. The van der Waals surface area contributed by atoms with Crippen LogP contribution in [0.25, 0.3) is 0 Å². The largest absolute Gasteiger partial charge is 0.507 e. The van der Waals surface area contributed by atoms with Gasteiger partial charge in [0.1, 0.15) is 5.75 Å².